The molecule has 0 aliphatic carbocycles. The molecule has 0 radical (unpaired) electrons. The Balaban J connectivity index is 1.54. The number of anilines is 3. The SMILES string of the molecule is CN(c1ccccc1)S(=O)(=O)c1ccc(C(=O)Nc2cc(Cl)ccc2N2CCCC2)cc1. The lowest BCUT2D eigenvalue weighted by molar-refractivity contribution is 0.102. The second-order valence-electron chi connectivity index (χ2n) is 7.64. The van der Waals surface area contributed by atoms with Crippen molar-refractivity contribution < 1.29 is 13.2 Å². The lowest BCUT2D eigenvalue weighted by atomic mass is 10.2. The van der Waals surface area contributed by atoms with Gasteiger partial charge < -0.3 is 10.2 Å². The molecular formula is C24H24ClN3O3S. The molecule has 32 heavy (non-hydrogen) atoms. The molecule has 0 unspecified atom stereocenters. The van der Waals surface area contributed by atoms with Gasteiger partial charge in [0, 0.05) is 30.7 Å². The standard InChI is InChI=1S/C24H24ClN3O3S/c1-27(20-7-3-2-4-8-20)32(30,31)21-12-9-18(10-13-21)24(29)26-22-17-19(25)11-14-23(22)28-15-5-6-16-28/h2-4,7-14,17H,5-6,15-16H2,1H3,(H,26,29). The van der Waals surface area contributed by atoms with Gasteiger partial charge in [-0.25, -0.2) is 8.42 Å². The normalized spacial score (nSPS) is 13.8. The fraction of sp³-hybridized carbons (Fsp3) is 0.208. The minimum absolute atomic E-state index is 0.112. The summed E-state index contributed by atoms with van der Waals surface area (Å²) in [4.78, 5) is 15.2. The first-order valence-electron chi connectivity index (χ1n) is 10.4. The zero-order chi connectivity index (χ0) is 22.7. The molecule has 0 aromatic heterocycles. The highest BCUT2D eigenvalue weighted by atomic mass is 35.5. The van der Waals surface area contributed by atoms with Gasteiger partial charge in [-0.1, -0.05) is 29.8 Å². The Morgan fingerprint density at radius 3 is 2.28 bits per heavy atom. The lowest BCUT2D eigenvalue weighted by Gasteiger charge is -2.22. The van der Waals surface area contributed by atoms with E-state index in [1.807, 2.05) is 18.2 Å². The minimum atomic E-state index is -3.74. The fourth-order valence-electron chi connectivity index (χ4n) is 3.75. The van der Waals surface area contributed by atoms with E-state index in [0.29, 0.717) is 22.0 Å². The smallest absolute Gasteiger partial charge is 0.264 e. The van der Waals surface area contributed by atoms with Crippen molar-refractivity contribution in [3.05, 3.63) is 83.4 Å². The van der Waals surface area contributed by atoms with E-state index >= 15 is 0 Å². The van der Waals surface area contributed by atoms with E-state index in [9.17, 15) is 13.2 Å². The highest BCUT2D eigenvalue weighted by Gasteiger charge is 2.22. The molecule has 3 aromatic rings. The third-order valence-corrected chi connectivity index (χ3v) is 7.58. The van der Waals surface area contributed by atoms with Gasteiger partial charge in [-0.2, -0.15) is 0 Å². The van der Waals surface area contributed by atoms with Crippen molar-refractivity contribution in [1.82, 2.24) is 0 Å². The van der Waals surface area contributed by atoms with Gasteiger partial charge in [0.05, 0.1) is 22.0 Å². The number of nitrogens with one attached hydrogen (secondary N) is 1. The van der Waals surface area contributed by atoms with Crippen molar-refractivity contribution >= 4 is 44.6 Å². The van der Waals surface area contributed by atoms with Crippen LogP contribution in [0.2, 0.25) is 5.02 Å². The summed E-state index contributed by atoms with van der Waals surface area (Å²) < 4.78 is 27.1. The molecule has 4 rings (SSSR count). The van der Waals surface area contributed by atoms with Gasteiger partial charge >= 0.3 is 0 Å². The van der Waals surface area contributed by atoms with Crippen LogP contribution in [0, 0.1) is 0 Å². The average molecular weight is 470 g/mol. The Labute approximate surface area is 193 Å². The molecule has 1 fully saturated rings. The van der Waals surface area contributed by atoms with Crippen molar-refractivity contribution in [1.29, 1.82) is 0 Å². The van der Waals surface area contributed by atoms with Crippen molar-refractivity contribution in [2.45, 2.75) is 17.7 Å². The van der Waals surface area contributed by atoms with Crippen LogP contribution in [-0.4, -0.2) is 34.5 Å². The summed E-state index contributed by atoms with van der Waals surface area (Å²) in [6, 6.07) is 20.2. The van der Waals surface area contributed by atoms with Crippen molar-refractivity contribution in [2.75, 3.05) is 34.7 Å². The molecule has 1 saturated heterocycles. The van der Waals surface area contributed by atoms with Crippen LogP contribution in [0.25, 0.3) is 0 Å². The Kier molecular flexibility index (Phi) is 6.39. The number of amides is 1. The molecule has 0 atom stereocenters. The van der Waals surface area contributed by atoms with Crippen molar-refractivity contribution in [3.8, 4) is 0 Å². The Morgan fingerprint density at radius 2 is 1.62 bits per heavy atom. The number of carbonyl (C=O) groups is 1. The number of benzene rings is 3. The predicted molar refractivity (Wildman–Crippen MR) is 129 cm³/mol. The molecule has 1 amide bonds. The minimum Gasteiger partial charge on any atom is -0.370 e. The maximum absolute atomic E-state index is 12.9. The van der Waals surface area contributed by atoms with Crippen molar-refractivity contribution in [2.24, 2.45) is 0 Å². The Bertz CT molecular complexity index is 1210. The first kappa shape index (κ1) is 22.2. The number of carbonyl (C=O) groups excluding carboxylic acids is 1. The second kappa shape index (κ2) is 9.22. The van der Waals surface area contributed by atoms with Gasteiger partial charge in [0.25, 0.3) is 15.9 Å². The molecule has 1 aliphatic rings. The summed E-state index contributed by atoms with van der Waals surface area (Å²) in [6.07, 6.45) is 2.23. The van der Waals surface area contributed by atoms with Gasteiger partial charge in [0.1, 0.15) is 0 Å². The van der Waals surface area contributed by atoms with E-state index in [-0.39, 0.29) is 10.8 Å². The number of rotatable bonds is 6. The van der Waals surface area contributed by atoms with Crippen LogP contribution in [0.1, 0.15) is 23.2 Å². The molecule has 0 saturated carbocycles. The highest BCUT2D eigenvalue weighted by molar-refractivity contribution is 7.92. The molecule has 6 nitrogen and oxygen atoms in total. The monoisotopic (exact) mass is 469 g/mol. The summed E-state index contributed by atoms with van der Waals surface area (Å²) in [6.45, 7) is 1.87. The van der Waals surface area contributed by atoms with Crippen molar-refractivity contribution in [3.63, 3.8) is 0 Å². The molecule has 166 valence electrons. The average Bonchev–Trinajstić information content (AvgIpc) is 3.34. The van der Waals surface area contributed by atoms with E-state index in [4.69, 9.17) is 11.6 Å². The molecule has 0 spiro atoms. The van der Waals surface area contributed by atoms with Crippen LogP contribution < -0.4 is 14.5 Å². The topological polar surface area (TPSA) is 69.7 Å². The summed E-state index contributed by atoms with van der Waals surface area (Å²) in [5.41, 5.74) is 2.50. The van der Waals surface area contributed by atoms with Crippen LogP contribution in [0.15, 0.2) is 77.7 Å². The van der Waals surface area contributed by atoms with Crippen LogP contribution in [0.4, 0.5) is 17.1 Å². The molecule has 8 heteroatoms. The van der Waals surface area contributed by atoms with Crippen LogP contribution in [0.3, 0.4) is 0 Å². The van der Waals surface area contributed by atoms with Crippen LogP contribution in [-0.2, 0) is 10.0 Å². The number of hydrogen-bond donors (Lipinski definition) is 1. The number of nitrogens with zero attached hydrogens (tertiary/aromatic N) is 2. The van der Waals surface area contributed by atoms with Gasteiger partial charge in [-0.3, -0.25) is 9.10 Å². The van der Waals surface area contributed by atoms with E-state index in [0.717, 1.165) is 31.6 Å². The van der Waals surface area contributed by atoms with Gasteiger partial charge in [-0.15, -0.1) is 0 Å². The summed E-state index contributed by atoms with van der Waals surface area (Å²) in [5, 5.41) is 3.46. The summed E-state index contributed by atoms with van der Waals surface area (Å²) >= 11 is 6.16. The third-order valence-electron chi connectivity index (χ3n) is 5.55. The quantitative estimate of drug-likeness (QED) is 0.550. The highest BCUT2D eigenvalue weighted by Crippen LogP contribution is 2.32. The molecular weight excluding hydrogens is 446 g/mol. The number of para-hydroxylation sites is 1. The molecule has 0 bridgehead atoms. The fourth-order valence-corrected chi connectivity index (χ4v) is 5.12. The second-order valence-corrected chi connectivity index (χ2v) is 10.0. The number of sulfonamides is 1. The van der Waals surface area contributed by atoms with Gasteiger partial charge in [0.2, 0.25) is 0 Å². The maximum Gasteiger partial charge on any atom is 0.264 e. The number of halogens is 1. The first-order valence-corrected chi connectivity index (χ1v) is 12.2. The summed E-state index contributed by atoms with van der Waals surface area (Å²) in [5.74, 6) is -0.326. The van der Waals surface area contributed by atoms with Gasteiger partial charge in [-0.05, 0) is 67.4 Å². The Hall–Kier alpha value is -3.03. The molecule has 1 aliphatic heterocycles. The van der Waals surface area contributed by atoms with E-state index in [1.54, 1.807) is 30.3 Å². The molecule has 3 aromatic carbocycles. The Morgan fingerprint density at radius 1 is 0.969 bits per heavy atom. The third kappa shape index (κ3) is 4.59. The van der Waals surface area contributed by atoms with Crippen LogP contribution in [0.5, 0.6) is 0 Å². The number of hydrogen-bond acceptors (Lipinski definition) is 4. The van der Waals surface area contributed by atoms with Crippen LogP contribution >= 0.6 is 11.6 Å². The van der Waals surface area contributed by atoms with E-state index in [2.05, 4.69) is 10.2 Å². The lowest BCUT2D eigenvalue weighted by Crippen LogP contribution is -2.26. The molecule has 1 heterocycles. The van der Waals surface area contributed by atoms with Gasteiger partial charge in [0.15, 0.2) is 0 Å². The molecule has 1 N–H and O–H groups in total. The zero-order valence-electron chi connectivity index (χ0n) is 17.7. The predicted octanol–water partition coefficient (Wildman–Crippen LogP) is 5.02. The maximum atomic E-state index is 12.9. The summed E-state index contributed by atoms with van der Waals surface area (Å²) in [7, 11) is -2.24. The van der Waals surface area contributed by atoms with E-state index in [1.165, 1.54) is 35.6 Å². The van der Waals surface area contributed by atoms with E-state index < -0.39 is 10.0 Å². The largest absolute Gasteiger partial charge is 0.370 e. The zero-order valence-corrected chi connectivity index (χ0v) is 19.2. The first-order chi connectivity index (χ1) is 15.4.